The molecule has 148 valence electrons. The highest BCUT2D eigenvalue weighted by molar-refractivity contribution is 5.95. The van der Waals surface area contributed by atoms with Crippen LogP contribution in [0.1, 0.15) is 10.4 Å². The van der Waals surface area contributed by atoms with Gasteiger partial charge in [0.25, 0.3) is 5.91 Å². The number of primary amides is 1. The van der Waals surface area contributed by atoms with Crippen molar-refractivity contribution in [3.63, 3.8) is 0 Å². The predicted octanol–water partition coefficient (Wildman–Crippen LogP) is 5.01. The maximum atomic E-state index is 11.8. The van der Waals surface area contributed by atoms with Gasteiger partial charge in [0, 0.05) is 11.3 Å². The van der Waals surface area contributed by atoms with Gasteiger partial charge in [-0.15, -0.1) is 0 Å². The van der Waals surface area contributed by atoms with E-state index < -0.39 is 5.91 Å². The average molecular weight is 397 g/mol. The number of para-hydroxylation sites is 1. The topological polar surface area (TPSA) is 100 Å². The first-order valence-corrected chi connectivity index (χ1v) is 9.26. The van der Waals surface area contributed by atoms with Crippen molar-refractivity contribution in [3.05, 3.63) is 96.6 Å². The van der Waals surface area contributed by atoms with E-state index >= 15 is 0 Å². The summed E-state index contributed by atoms with van der Waals surface area (Å²) in [5.74, 6) is 1.39. The monoisotopic (exact) mass is 397 g/mol. The van der Waals surface area contributed by atoms with E-state index in [1.54, 1.807) is 48.5 Å². The van der Waals surface area contributed by atoms with Crippen LogP contribution >= 0.6 is 0 Å². The quantitative estimate of drug-likeness (QED) is 0.445. The van der Waals surface area contributed by atoms with Gasteiger partial charge in [0.2, 0.25) is 5.88 Å². The number of hydrogen-bond acceptors (Lipinski definition) is 5. The SMILES string of the molecule is NC(=O)c1ccc(-c2cccc(N)c2)nc1Oc1ccc(Oc2ccccc2)cc1. The standard InChI is InChI=1S/C24H19N3O3/c25-17-6-4-5-16(15-17)22-14-13-21(23(26)28)24(27-22)30-20-11-9-19(10-12-20)29-18-7-2-1-3-8-18/h1-15H,25H2,(H2,26,28). The maximum Gasteiger partial charge on any atom is 0.254 e. The minimum atomic E-state index is -0.624. The Labute approximate surface area is 173 Å². The number of benzene rings is 3. The number of anilines is 1. The van der Waals surface area contributed by atoms with E-state index in [-0.39, 0.29) is 11.4 Å². The molecule has 1 heterocycles. The van der Waals surface area contributed by atoms with Crippen LogP contribution in [0.3, 0.4) is 0 Å². The van der Waals surface area contributed by atoms with Crippen molar-refractivity contribution in [1.82, 2.24) is 4.98 Å². The number of carbonyl (C=O) groups is 1. The van der Waals surface area contributed by atoms with Gasteiger partial charge in [-0.05, 0) is 60.7 Å². The molecule has 0 saturated carbocycles. The lowest BCUT2D eigenvalue weighted by Crippen LogP contribution is -2.13. The molecular weight excluding hydrogens is 378 g/mol. The van der Waals surface area contributed by atoms with E-state index in [1.807, 2.05) is 42.5 Å². The fourth-order valence-electron chi connectivity index (χ4n) is 2.88. The number of ether oxygens (including phenoxy) is 2. The summed E-state index contributed by atoms with van der Waals surface area (Å²) in [5, 5.41) is 0. The van der Waals surface area contributed by atoms with Gasteiger partial charge >= 0.3 is 0 Å². The van der Waals surface area contributed by atoms with E-state index in [2.05, 4.69) is 4.98 Å². The Balaban J connectivity index is 1.59. The Hall–Kier alpha value is -4.32. The second kappa shape index (κ2) is 8.36. The molecule has 0 saturated heterocycles. The smallest absolute Gasteiger partial charge is 0.254 e. The molecule has 0 aliphatic rings. The Morgan fingerprint density at radius 3 is 2.07 bits per heavy atom. The van der Waals surface area contributed by atoms with E-state index in [4.69, 9.17) is 20.9 Å². The molecule has 0 atom stereocenters. The van der Waals surface area contributed by atoms with Crippen LogP contribution in [0, 0.1) is 0 Å². The number of carbonyl (C=O) groups excluding carboxylic acids is 1. The lowest BCUT2D eigenvalue weighted by Gasteiger charge is -2.11. The van der Waals surface area contributed by atoms with Gasteiger partial charge in [0.1, 0.15) is 22.8 Å². The molecule has 0 spiro atoms. The summed E-state index contributed by atoms with van der Waals surface area (Å²) >= 11 is 0. The van der Waals surface area contributed by atoms with Crippen LogP contribution in [-0.2, 0) is 0 Å². The Morgan fingerprint density at radius 1 is 0.733 bits per heavy atom. The fraction of sp³-hybridized carbons (Fsp3) is 0. The van der Waals surface area contributed by atoms with Crippen LogP contribution in [0.25, 0.3) is 11.3 Å². The van der Waals surface area contributed by atoms with Gasteiger partial charge in [-0.3, -0.25) is 4.79 Å². The molecule has 4 aromatic rings. The first kappa shape index (κ1) is 19.0. The minimum absolute atomic E-state index is 0.124. The zero-order valence-electron chi connectivity index (χ0n) is 16.0. The molecule has 6 heteroatoms. The molecular formula is C24H19N3O3. The summed E-state index contributed by atoms with van der Waals surface area (Å²) in [4.78, 5) is 16.3. The molecule has 0 fully saturated rings. The molecule has 6 nitrogen and oxygen atoms in total. The van der Waals surface area contributed by atoms with Gasteiger partial charge in [-0.2, -0.15) is 0 Å². The predicted molar refractivity (Wildman–Crippen MR) is 116 cm³/mol. The van der Waals surface area contributed by atoms with Crippen LogP contribution in [0.2, 0.25) is 0 Å². The molecule has 4 N–H and O–H groups in total. The average Bonchev–Trinajstić information content (AvgIpc) is 2.76. The molecule has 0 aliphatic heterocycles. The zero-order valence-corrected chi connectivity index (χ0v) is 16.0. The van der Waals surface area contributed by atoms with Crippen LogP contribution in [0.5, 0.6) is 23.1 Å². The van der Waals surface area contributed by atoms with Crippen molar-refractivity contribution < 1.29 is 14.3 Å². The molecule has 30 heavy (non-hydrogen) atoms. The van der Waals surface area contributed by atoms with Crippen molar-refractivity contribution in [2.24, 2.45) is 5.73 Å². The highest BCUT2D eigenvalue weighted by atomic mass is 16.5. The Morgan fingerprint density at radius 2 is 1.40 bits per heavy atom. The molecule has 4 rings (SSSR count). The van der Waals surface area contributed by atoms with Crippen molar-refractivity contribution in [2.75, 3.05) is 5.73 Å². The first-order chi connectivity index (χ1) is 14.6. The van der Waals surface area contributed by atoms with E-state index in [0.717, 1.165) is 11.3 Å². The lowest BCUT2D eigenvalue weighted by molar-refractivity contribution is 0.0997. The molecule has 0 bridgehead atoms. The van der Waals surface area contributed by atoms with Crippen molar-refractivity contribution >= 4 is 11.6 Å². The number of rotatable bonds is 6. The molecule has 1 aromatic heterocycles. The summed E-state index contributed by atoms with van der Waals surface area (Å²) in [6.07, 6.45) is 0. The van der Waals surface area contributed by atoms with Crippen molar-refractivity contribution in [2.45, 2.75) is 0 Å². The fourth-order valence-corrected chi connectivity index (χ4v) is 2.88. The number of pyridine rings is 1. The summed E-state index contributed by atoms with van der Waals surface area (Å²) in [6.45, 7) is 0. The number of hydrogen-bond donors (Lipinski definition) is 2. The van der Waals surface area contributed by atoms with Gasteiger partial charge in [-0.25, -0.2) is 4.98 Å². The molecule has 1 amide bonds. The zero-order chi connectivity index (χ0) is 20.9. The second-order valence-corrected chi connectivity index (χ2v) is 6.53. The lowest BCUT2D eigenvalue weighted by atomic mass is 10.1. The van der Waals surface area contributed by atoms with Crippen molar-refractivity contribution in [1.29, 1.82) is 0 Å². The first-order valence-electron chi connectivity index (χ1n) is 9.26. The highest BCUT2D eigenvalue weighted by Gasteiger charge is 2.14. The number of nitrogen functional groups attached to an aromatic ring is 1. The van der Waals surface area contributed by atoms with Crippen molar-refractivity contribution in [3.8, 4) is 34.4 Å². The van der Waals surface area contributed by atoms with Gasteiger partial charge < -0.3 is 20.9 Å². The van der Waals surface area contributed by atoms with Crippen LogP contribution in [0.4, 0.5) is 5.69 Å². The van der Waals surface area contributed by atoms with Crippen LogP contribution < -0.4 is 20.9 Å². The normalized spacial score (nSPS) is 10.4. The maximum absolute atomic E-state index is 11.8. The molecule has 0 unspecified atom stereocenters. The van der Waals surface area contributed by atoms with E-state index in [1.165, 1.54) is 0 Å². The van der Waals surface area contributed by atoms with Gasteiger partial charge in [0.15, 0.2) is 0 Å². The summed E-state index contributed by atoms with van der Waals surface area (Å²) < 4.78 is 11.6. The second-order valence-electron chi connectivity index (χ2n) is 6.53. The number of amides is 1. The summed E-state index contributed by atoms with van der Waals surface area (Å²) in [7, 11) is 0. The summed E-state index contributed by atoms with van der Waals surface area (Å²) in [5.41, 5.74) is 13.6. The third-order valence-electron chi connectivity index (χ3n) is 4.33. The molecule has 0 radical (unpaired) electrons. The highest BCUT2D eigenvalue weighted by Crippen LogP contribution is 2.30. The number of nitrogens with zero attached hydrogens (tertiary/aromatic N) is 1. The minimum Gasteiger partial charge on any atom is -0.457 e. The van der Waals surface area contributed by atoms with E-state index in [9.17, 15) is 4.79 Å². The van der Waals surface area contributed by atoms with Gasteiger partial charge in [0.05, 0.1) is 5.69 Å². The van der Waals surface area contributed by atoms with Gasteiger partial charge in [-0.1, -0.05) is 30.3 Å². The summed E-state index contributed by atoms with van der Waals surface area (Å²) in [6, 6.07) is 27.1. The Kier molecular flexibility index (Phi) is 5.30. The Bertz CT molecular complexity index is 1180. The largest absolute Gasteiger partial charge is 0.457 e. The third kappa shape index (κ3) is 4.39. The number of nitrogens with two attached hydrogens (primary N) is 2. The molecule has 3 aromatic carbocycles. The molecule has 0 aliphatic carbocycles. The number of aromatic nitrogens is 1. The van der Waals surface area contributed by atoms with E-state index in [0.29, 0.717) is 22.9 Å². The third-order valence-corrected chi connectivity index (χ3v) is 4.33. The van der Waals surface area contributed by atoms with Crippen LogP contribution in [-0.4, -0.2) is 10.9 Å². The van der Waals surface area contributed by atoms with Crippen LogP contribution in [0.15, 0.2) is 91.0 Å².